The van der Waals surface area contributed by atoms with E-state index in [1.54, 1.807) is 30.3 Å². The number of primary amides is 1. The molecule has 4 amide bonds. The van der Waals surface area contributed by atoms with Gasteiger partial charge >= 0.3 is 12.1 Å². The Balaban J connectivity index is 1.38. The maximum Gasteiger partial charge on any atom is 0.323 e. The second-order valence-corrected chi connectivity index (χ2v) is 10.4. The Kier molecular flexibility index (Phi) is 7.92. The average Bonchev–Trinajstić information content (AvgIpc) is 3.48. The predicted octanol–water partition coefficient (Wildman–Crippen LogP) is 3.32. The van der Waals surface area contributed by atoms with Gasteiger partial charge in [0.25, 0.3) is 0 Å². The lowest BCUT2D eigenvalue weighted by atomic mass is 10.0. The number of carbonyl (C=O) groups is 3. The van der Waals surface area contributed by atoms with E-state index in [0.29, 0.717) is 37.2 Å². The fourth-order valence-electron chi connectivity index (χ4n) is 5.29. The van der Waals surface area contributed by atoms with E-state index in [9.17, 15) is 18.8 Å². The number of benzene rings is 2. The third-order valence-corrected chi connectivity index (χ3v) is 7.53. The van der Waals surface area contributed by atoms with Crippen LogP contribution in [0.15, 0.2) is 48.7 Å². The number of aromatic nitrogens is 1. The highest BCUT2D eigenvalue weighted by molar-refractivity contribution is 6.30. The minimum atomic E-state index is -1.88. The maximum absolute atomic E-state index is 16.3. The number of hydrogen-bond donors (Lipinski definition) is 3. The Labute approximate surface area is 234 Å². The lowest BCUT2D eigenvalue weighted by Gasteiger charge is -2.32. The fourth-order valence-corrected chi connectivity index (χ4v) is 5.49. The number of nitrogens with two attached hydrogens (primary N) is 1. The molecule has 2 aliphatic heterocycles. The van der Waals surface area contributed by atoms with Crippen LogP contribution < -0.4 is 16.4 Å². The summed E-state index contributed by atoms with van der Waals surface area (Å²) in [6.45, 7) is 1.51. The smallest absolute Gasteiger partial charge is 0.323 e. The van der Waals surface area contributed by atoms with Gasteiger partial charge in [-0.15, -0.1) is 0 Å². The molecule has 2 fully saturated rings. The molecule has 2 saturated heterocycles. The van der Waals surface area contributed by atoms with Gasteiger partial charge in [0.2, 0.25) is 5.91 Å². The van der Waals surface area contributed by atoms with E-state index in [1.165, 1.54) is 22.9 Å². The third-order valence-electron chi connectivity index (χ3n) is 7.24. The molecule has 2 atom stereocenters. The van der Waals surface area contributed by atoms with Crippen molar-refractivity contribution in [2.75, 3.05) is 44.7 Å². The van der Waals surface area contributed by atoms with Crippen molar-refractivity contribution >= 4 is 46.2 Å². The summed E-state index contributed by atoms with van der Waals surface area (Å²) < 4.78 is 37.2. The van der Waals surface area contributed by atoms with E-state index < -0.39 is 35.5 Å². The minimum Gasteiger partial charge on any atom is -0.379 e. The van der Waals surface area contributed by atoms with Crippen LogP contribution >= 0.6 is 11.6 Å². The topological polar surface area (TPSA) is 122 Å². The Morgan fingerprint density at radius 1 is 1.12 bits per heavy atom. The molecule has 0 radical (unpaired) electrons. The predicted molar refractivity (Wildman–Crippen MR) is 145 cm³/mol. The van der Waals surface area contributed by atoms with Crippen molar-refractivity contribution in [3.8, 4) is 0 Å². The van der Waals surface area contributed by atoms with Crippen molar-refractivity contribution in [1.82, 2.24) is 19.7 Å². The van der Waals surface area contributed by atoms with Crippen molar-refractivity contribution in [3.05, 3.63) is 65.1 Å². The Morgan fingerprint density at radius 2 is 1.88 bits per heavy atom. The van der Waals surface area contributed by atoms with Gasteiger partial charge in [0.15, 0.2) is 0 Å². The van der Waals surface area contributed by atoms with Crippen molar-refractivity contribution < 1.29 is 27.9 Å². The van der Waals surface area contributed by atoms with E-state index >= 15 is 4.39 Å². The minimum absolute atomic E-state index is 0.0217. The summed E-state index contributed by atoms with van der Waals surface area (Å²) in [7, 11) is 0. The Hall–Kier alpha value is -3.74. The van der Waals surface area contributed by atoms with Crippen molar-refractivity contribution in [2.24, 2.45) is 5.73 Å². The molecule has 10 nitrogen and oxygen atoms in total. The summed E-state index contributed by atoms with van der Waals surface area (Å²) in [6.07, 6.45) is 1.14. The molecule has 212 valence electrons. The lowest BCUT2D eigenvalue weighted by molar-refractivity contribution is -0.125. The molecular formula is C27H29ClF2N6O4. The second kappa shape index (κ2) is 11.4. The molecule has 0 unspecified atom stereocenters. The number of alkyl halides is 1. The van der Waals surface area contributed by atoms with E-state index in [0.717, 1.165) is 4.90 Å². The number of fused-ring (bicyclic) bond motifs is 1. The van der Waals surface area contributed by atoms with Crippen LogP contribution in [0.2, 0.25) is 5.02 Å². The maximum atomic E-state index is 16.3. The summed E-state index contributed by atoms with van der Waals surface area (Å²) in [5.74, 6) is -1.29. The number of para-hydroxylation sites is 1. The van der Waals surface area contributed by atoms with Crippen LogP contribution in [0.1, 0.15) is 12.0 Å². The summed E-state index contributed by atoms with van der Waals surface area (Å²) in [5.41, 5.74) is 4.53. The number of halogens is 3. The Bertz CT molecular complexity index is 1450. The number of ether oxygens (including phenoxy) is 1. The van der Waals surface area contributed by atoms with Gasteiger partial charge in [0.05, 0.1) is 36.0 Å². The van der Waals surface area contributed by atoms with Gasteiger partial charge in [-0.25, -0.2) is 18.4 Å². The number of rotatable bonds is 6. The van der Waals surface area contributed by atoms with Gasteiger partial charge < -0.3 is 26.0 Å². The number of likely N-dealkylation sites (tertiary alicyclic amines) is 1. The summed E-state index contributed by atoms with van der Waals surface area (Å²) >= 11 is 5.85. The van der Waals surface area contributed by atoms with Gasteiger partial charge in [-0.1, -0.05) is 41.9 Å². The number of carbonyl (C=O) groups excluding carboxylic acids is 3. The molecule has 2 aliphatic rings. The quantitative estimate of drug-likeness (QED) is 0.417. The molecule has 2 aromatic carbocycles. The number of morpholine rings is 1. The van der Waals surface area contributed by atoms with Gasteiger partial charge in [-0.2, -0.15) is 0 Å². The van der Waals surface area contributed by atoms with Gasteiger partial charge in [-0.3, -0.25) is 14.3 Å². The van der Waals surface area contributed by atoms with E-state index in [2.05, 4.69) is 10.6 Å². The van der Waals surface area contributed by atoms with Crippen LogP contribution in [0.3, 0.4) is 0 Å². The van der Waals surface area contributed by atoms with Crippen LogP contribution in [-0.4, -0.2) is 83.4 Å². The third kappa shape index (κ3) is 5.74. The number of anilines is 1. The summed E-state index contributed by atoms with van der Waals surface area (Å²) in [4.78, 5) is 41.8. The monoisotopic (exact) mass is 574 g/mol. The molecule has 0 aliphatic carbocycles. The first kappa shape index (κ1) is 27.8. The molecule has 3 heterocycles. The zero-order valence-corrected chi connectivity index (χ0v) is 22.3. The molecule has 0 saturated carbocycles. The molecule has 0 spiro atoms. The van der Waals surface area contributed by atoms with Crippen LogP contribution in [-0.2, 0) is 16.1 Å². The van der Waals surface area contributed by atoms with E-state index in [4.69, 9.17) is 22.1 Å². The normalized spacial score (nSPS) is 21.5. The standard InChI is InChI=1S/C27H29ClF2N6O4/c28-19-6-3-4-17(23(19)29)13-32-24(37)22-12-27(30,15-34-8-10-40-11-9-34)16-36(22)26(39)33-20-14-35(25(31)38)21-7-2-1-5-18(20)21/h1-7,14,22H,8-13,15-16H2,(H2,31,38)(H,32,37)(H,33,39)/t22-,27+/m0/s1. The Morgan fingerprint density at radius 3 is 2.62 bits per heavy atom. The molecule has 4 N–H and O–H groups in total. The number of nitrogens with one attached hydrogen (secondary N) is 2. The summed E-state index contributed by atoms with van der Waals surface area (Å²) in [5, 5.41) is 5.80. The second-order valence-electron chi connectivity index (χ2n) is 10.0. The fraction of sp³-hybridized carbons (Fsp3) is 0.370. The lowest BCUT2D eigenvalue weighted by Crippen LogP contribution is -2.48. The van der Waals surface area contributed by atoms with Crippen molar-refractivity contribution in [3.63, 3.8) is 0 Å². The number of amides is 4. The van der Waals surface area contributed by atoms with Crippen LogP contribution in [0.5, 0.6) is 0 Å². The van der Waals surface area contributed by atoms with Gasteiger partial charge in [0.1, 0.15) is 17.5 Å². The van der Waals surface area contributed by atoms with Crippen molar-refractivity contribution in [2.45, 2.75) is 24.7 Å². The largest absolute Gasteiger partial charge is 0.379 e. The molecule has 5 rings (SSSR count). The number of nitrogens with zero attached hydrogens (tertiary/aromatic N) is 3. The first-order valence-corrected chi connectivity index (χ1v) is 13.2. The zero-order chi connectivity index (χ0) is 28.4. The van der Waals surface area contributed by atoms with Crippen LogP contribution in [0.25, 0.3) is 10.9 Å². The molecule has 40 heavy (non-hydrogen) atoms. The molecule has 13 heteroatoms. The first-order valence-electron chi connectivity index (χ1n) is 12.8. The highest BCUT2D eigenvalue weighted by Gasteiger charge is 2.50. The first-order chi connectivity index (χ1) is 19.1. The average molecular weight is 575 g/mol. The highest BCUT2D eigenvalue weighted by atomic mass is 35.5. The number of urea groups is 1. The summed E-state index contributed by atoms with van der Waals surface area (Å²) in [6, 6.07) is 8.63. The van der Waals surface area contributed by atoms with Crippen LogP contribution in [0, 0.1) is 5.82 Å². The number of hydrogen-bond acceptors (Lipinski definition) is 5. The zero-order valence-electron chi connectivity index (χ0n) is 21.5. The molecule has 3 aromatic rings. The van der Waals surface area contributed by atoms with Gasteiger partial charge in [-0.05, 0) is 12.1 Å². The SMILES string of the molecule is NC(=O)n1cc(NC(=O)N2C[C@](F)(CN3CCOCC3)C[C@H]2C(=O)NCc2cccc(Cl)c2F)c2ccccc21. The van der Waals surface area contributed by atoms with E-state index in [-0.39, 0.29) is 42.3 Å². The van der Waals surface area contributed by atoms with Crippen LogP contribution in [0.4, 0.5) is 24.1 Å². The van der Waals surface area contributed by atoms with Crippen molar-refractivity contribution in [1.29, 1.82) is 0 Å². The molecular weight excluding hydrogens is 546 g/mol. The highest BCUT2D eigenvalue weighted by Crippen LogP contribution is 2.34. The molecule has 1 aromatic heterocycles. The van der Waals surface area contributed by atoms with E-state index in [1.807, 2.05) is 4.90 Å². The molecule has 0 bridgehead atoms. The van der Waals surface area contributed by atoms with Gasteiger partial charge in [0, 0.05) is 49.7 Å².